The maximum Gasteiger partial charge on any atom is 0.287 e. The van der Waals surface area contributed by atoms with Gasteiger partial charge in [-0.2, -0.15) is 0 Å². The lowest BCUT2D eigenvalue weighted by Crippen LogP contribution is -2.48. The van der Waals surface area contributed by atoms with Gasteiger partial charge in [0.1, 0.15) is 5.69 Å². The van der Waals surface area contributed by atoms with E-state index in [9.17, 15) is 9.59 Å². The van der Waals surface area contributed by atoms with Crippen molar-refractivity contribution in [1.29, 1.82) is 0 Å². The van der Waals surface area contributed by atoms with Crippen molar-refractivity contribution in [2.45, 2.75) is 59.0 Å². The minimum atomic E-state index is -0.169. The quantitative estimate of drug-likeness (QED) is 0.863. The van der Waals surface area contributed by atoms with Crippen LogP contribution in [0.4, 0.5) is 0 Å². The van der Waals surface area contributed by atoms with E-state index in [4.69, 9.17) is 0 Å². The zero-order chi connectivity index (χ0) is 18.7. The number of hydrogen-bond acceptors (Lipinski definition) is 4. The normalized spacial score (nSPS) is 19.1. The molecule has 1 atom stereocenters. The number of aromatic nitrogens is 2. The summed E-state index contributed by atoms with van der Waals surface area (Å²) >= 11 is 0. The molecule has 1 unspecified atom stereocenters. The Morgan fingerprint density at radius 1 is 1.12 bits per heavy atom. The van der Waals surface area contributed by atoms with Crippen molar-refractivity contribution in [2.24, 2.45) is 0 Å². The van der Waals surface area contributed by atoms with E-state index in [1.54, 1.807) is 0 Å². The van der Waals surface area contributed by atoms with Crippen molar-refractivity contribution in [2.75, 3.05) is 32.7 Å². The third-order valence-corrected chi connectivity index (χ3v) is 5.62. The molecule has 2 aliphatic heterocycles. The molecule has 3 heterocycles. The number of carbonyl (C=O) groups excluding carboxylic acids is 2. The second kappa shape index (κ2) is 8.20. The molecule has 3 rings (SSSR count). The summed E-state index contributed by atoms with van der Waals surface area (Å²) in [5.74, 6) is 0.210. The average Bonchev–Trinajstić information content (AvgIpc) is 3.07. The minimum absolute atomic E-state index is 0.0195. The van der Waals surface area contributed by atoms with Crippen molar-refractivity contribution in [3.63, 3.8) is 0 Å². The molecule has 1 aromatic rings. The van der Waals surface area contributed by atoms with Crippen molar-refractivity contribution in [3.05, 3.63) is 17.2 Å². The molecule has 0 radical (unpaired) electrons. The largest absolute Gasteiger partial charge is 0.347 e. The van der Waals surface area contributed by atoms with E-state index in [1.165, 1.54) is 0 Å². The van der Waals surface area contributed by atoms with Gasteiger partial charge >= 0.3 is 0 Å². The van der Waals surface area contributed by atoms with E-state index in [2.05, 4.69) is 22.1 Å². The number of nitrogens with one attached hydrogen (secondary N) is 1. The Morgan fingerprint density at radius 2 is 1.85 bits per heavy atom. The Kier molecular flexibility index (Phi) is 5.96. The lowest BCUT2D eigenvalue weighted by atomic mass is 10.1. The number of likely N-dealkylation sites (N-methyl/N-ethyl adjacent to an activating group) is 1. The Morgan fingerprint density at radius 3 is 2.50 bits per heavy atom. The van der Waals surface area contributed by atoms with E-state index in [0.29, 0.717) is 11.5 Å². The number of amides is 2. The predicted octanol–water partition coefficient (Wildman–Crippen LogP) is 1.53. The molecule has 0 aliphatic carbocycles. The van der Waals surface area contributed by atoms with Gasteiger partial charge in [-0.1, -0.05) is 13.8 Å². The molecule has 0 saturated carbocycles. The first-order valence-electron chi connectivity index (χ1n) is 9.97. The number of nitrogens with zero attached hydrogens (tertiary/aromatic N) is 4. The molecule has 7 heteroatoms. The monoisotopic (exact) mass is 361 g/mol. The maximum atomic E-state index is 13.1. The second-order valence-electron chi connectivity index (χ2n) is 7.35. The summed E-state index contributed by atoms with van der Waals surface area (Å²) in [6.45, 7) is 11.2. The molecule has 2 amide bonds. The molecule has 7 nitrogen and oxygen atoms in total. The summed E-state index contributed by atoms with van der Waals surface area (Å²) in [6, 6.07) is 0.0975. The summed E-state index contributed by atoms with van der Waals surface area (Å²) < 4.78 is 1.97. The van der Waals surface area contributed by atoms with Crippen LogP contribution in [0.15, 0.2) is 0 Å². The van der Waals surface area contributed by atoms with E-state index in [-0.39, 0.29) is 17.9 Å². The highest BCUT2D eigenvalue weighted by atomic mass is 16.2. The van der Waals surface area contributed by atoms with Crippen LogP contribution in [0.25, 0.3) is 0 Å². The van der Waals surface area contributed by atoms with Gasteiger partial charge in [-0.05, 0) is 39.2 Å². The SMILES string of the molecule is CCC(C)NC(=O)c1nc(C(=O)N2CCN(CC)CC2)c2n1CCCC2. The van der Waals surface area contributed by atoms with Crippen LogP contribution in [0.2, 0.25) is 0 Å². The number of piperazine rings is 1. The molecule has 1 saturated heterocycles. The van der Waals surface area contributed by atoms with Crippen LogP contribution in [-0.2, 0) is 13.0 Å². The lowest BCUT2D eigenvalue weighted by Gasteiger charge is -2.33. The van der Waals surface area contributed by atoms with Crippen LogP contribution < -0.4 is 5.32 Å². The maximum absolute atomic E-state index is 13.1. The molecular weight excluding hydrogens is 330 g/mol. The Bertz CT molecular complexity index is 661. The standard InChI is InChI=1S/C19H31N5O2/c1-4-14(3)20-18(25)17-21-16(15-8-6-7-9-24(15)17)19(26)23-12-10-22(5-2)11-13-23/h14H,4-13H2,1-3H3,(H,20,25). The molecule has 0 spiro atoms. The number of carbonyl (C=O) groups is 2. The van der Waals surface area contributed by atoms with Gasteiger partial charge in [0.25, 0.3) is 11.8 Å². The van der Waals surface area contributed by atoms with Crippen molar-refractivity contribution >= 4 is 11.8 Å². The Balaban J connectivity index is 1.83. The van der Waals surface area contributed by atoms with E-state index < -0.39 is 0 Å². The molecular formula is C19H31N5O2. The van der Waals surface area contributed by atoms with Gasteiger partial charge in [-0.15, -0.1) is 0 Å². The molecule has 26 heavy (non-hydrogen) atoms. The first-order chi connectivity index (χ1) is 12.5. The summed E-state index contributed by atoms with van der Waals surface area (Å²) in [5, 5.41) is 2.99. The van der Waals surface area contributed by atoms with Crippen molar-refractivity contribution in [3.8, 4) is 0 Å². The highest BCUT2D eigenvalue weighted by molar-refractivity contribution is 5.97. The third-order valence-electron chi connectivity index (χ3n) is 5.62. The van der Waals surface area contributed by atoms with E-state index in [0.717, 1.165) is 70.6 Å². The van der Waals surface area contributed by atoms with Gasteiger partial charge < -0.3 is 19.7 Å². The van der Waals surface area contributed by atoms with Crippen molar-refractivity contribution in [1.82, 2.24) is 24.7 Å². The van der Waals surface area contributed by atoms with E-state index >= 15 is 0 Å². The average molecular weight is 361 g/mol. The first kappa shape index (κ1) is 18.9. The fourth-order valence-corrected chi connectivity index (χ4v) is 3.70. The van der Waals surface area contributed by atoms with E-state index in [1.807, 2.05) is 23.3 Å². The van der Waals surface area contributed by atoms with Gasteiger partial charge in [0, 0.05) is 38.8 Å². The highest BCUT2D eigenvalue weighted by Crippen LogP contribution is 2.23. The molecule has 1 fully saturated rings. The molecule has 0 bridgehead atoms. The number of imidazole rings is 1. The second-order valence-corrected chi connectivity index (χ2v) is 7.35. The zero-order valence-corrected chi connectivity index (χ0v) is 16.3. The van der Waals surface area contributed by atoms with Gasteiger partial charge in [0.2, 0.25) is 0 Å². The molecule has 1 N–H and O–H groups in total. The number of hydrogen-bond donors (Lipinski definition) is 1. The van der Waals surface area contributed by atoms with Crippen molar-refractivity contribution < 1.29 is 9.59 Å². The van der Waals surface area contributed by atoms with Gasteiger partial charge in [0.05, 0.1) is 5.69 Å². The van der Waals surface area contributed by atoms with Crippen LogP contribution >= 0.6 is 0 Å². The molecule has 144 valence electrons. The molecule has 2 aliphatic rings. The Hall–Kier alpha value is -1.89. The van der Waals surface area contributed by atoms with Crippen LogP contribution in [-0.4, -0.2) is 69.9 Å². The first-order valence-corrected chi connectivity index (χ1v) is 9.97. The Labute approximate surface area is 155 Å². The predicted molar refractivity (Wildman–Crippen MR) is 100 cm³/mol. The number of rotatable bonds is 5. The molecule has 0 aromatic carbocycles. The van der Waals surface area contributed by atoms with Gasteiger partial charge in [0.15, 0.2) is 5.82 Å². The summed E-state index contributed by atoms with van der Waals surface area (Å²) in [6.07, 6.45) is 3.75. The fraction of sp³-hybridized carbons (Fsp3) is 0.737. The summed E-state index contributed by atoms with van der Waals surface area (Å²) in [4.78, 5) is 34.5. The number of fused-ring (bicyclic) bond motifs is 1. The van der Waals surface area contributed by atoms with Gasteiger partial charge in [-0.25, -0.2) is 4.98 Å². The zero-order valence-electron chi connectivity index (χ0n) is 16.3. The summed E-state index contributed by atoms with van der Waals surface area (Å²) in [5.41, 5.74) is 1.43. The molecule has 1 aromatic heterocycles. The topological polar surface area (TPSA) is 70.5 Å². The fourth-order valence-electron chi connectivity index (χ4n) is 3.70. The highest BCUT2D eigenvalue weighted by Gasteiger charge is 2.31. The van der Waals surface area contributed by atoms with Crippen LogP contribution in [0.3, 0.4) is 0 Å². The van der Waals surface area contributed by atoms with Crippen LogP contribution in [0.5, 0.6) is 0 Å². The van der Waals surface area contributed by atoms with Crippen LogP contribution in [0, 0.1) is 0 Å². The van der Waals surface area contributed by atoms with Crippen LogP contribution in [0.1, 0.15) is 66.8 Å². The smallest absolute Gasteiger partial charge is 0.287 e. The summed E-state index contributed by atoms with van der Waals surface area (Å²) in [7, 11) is 0. The van der Waals surface area contributed by atoms with Gasteiger partial charge in [-0.3, -0.25) is 9.59 Å². The lowest BCUT2D eigenvalue weighted by molar-refractivity contribution is 0.0636. The minimum Gasteiger partial charge on any atom is -0.347 e. The third kappa shape index (κ3) is 3.77.